The number of para-hydroxylation sites is 1. The first-order valence-corrected chi connectivity index (χ1v) is 13.7. The van der Waals surface area contributed by atoms with Crippen LogP contribution >= 0.6 is 0 Å². The second-order valence-electron chi connectivity index (χ2n) is 10.5. The van der Waals surface area contributed by atoms with Gasteiger partial charge in [0.05, 0.1) is 0 Å². The van der Waals surface area contributed by atoms with Gasteiger partial charge in [-0.15, -0.1) is 0 Å². The summed E-state index contributed by atoms with van der Waals surface area (Å²) >= 11 is 0. The summed E-state index contributed by atoms with van der Waals surface area (Å²) < 4.78 is 18.6. The van der Waals surface area contributed by atoms with Crippen molar-refractivity contribution in [1.82, 2.24) is 19.9 Å². The maximum absolute atomic E-state index is 13.5. The summed E-state index contributed by atoms with van der Waals surface area (Å²) in [4.78, 5) is 36.6. The second-order valence-corrected chi connectivity index (χ2v) is 10.5. The number of amides is 2. The maximum Gasteiger partial charge on any atom is 0.226 e. The van der Waals surface area contributed by atoms with E-state index in [1.54, 1.807) is 19.1 Å². The van der Waals surface area contributed by atoms with Gasteiger partial charge in [0, 0.05) is 63.7 Å². The number of benzene rings is 2. The number of anilines is 1. The second kappa shape index (κ2) is 13.5. The van der Waals surface area contributed by atoms with Crippen molar-refractivity contribution < 1.29 is 18.5 Å². The molecule has 2 aromatic carbocycles. The van der Waals surface area contributed by atoms with Gasteiger partial charge in [0.1, 0.15) is 5.82 Å². The predicted octanol–water partition coefficient (Wildman–Crippen LogP) is 4.94. The van der Waals surface area contributed by atoms with Crippen LogP contribution in [0.5, 0.6) is 0 Å². The standard InChI is InChI=1S/C30H38FN5O3/c1-22(2)20-34-16-7-17-36(23(3)37)27-9-5-4-8-25(27)21-35(19-18-34)29(38)11-6-10-28-32-30(33-39-28)24-12-14-26(31)15-13-24/h4-5,8-9,12-15,22H,6-7,10-11,16-21H2,1-3H3. The molecular weight excluding hydrogens is 497 g/mol. The lowest BCUT2D eigenvalue weighted by Gasteiger charge is -2.29. The van der Waals surface area contributed by atoms with E-state index in [4.69, 9.17) is 4.52 Å². The highest BCUT2D eigenvalue weighted by Gasteiger charge is 2.22. The number of halogens is 1. The highest BCUT2D eigenvalue weighted by molar-refractivity contribution is 5.92. The third-order valence-electron chi connectivity index (χ3n) is 6.89. The molecule has 0 aliphatic carbocycles. The van der Waals surface area contributed by atoms with Crippen LogP contribution in [0.25, 0.3) is 11.4 Å². The summed E-state index contributed by atoms with van der Waals surface area (Å²) in [5.41, 5.74) is 2.52. The molecule has 4 rings (SSSR count). The summed E-state index contributed by atoms with van der Waals surface area (Å²) in [5.74, 6) is 1.10. The van der Waals surface area contributed by atoms with Crippen molar-refractivity contribution in [2.45, 2.75) is 53.0 Å². The summed E-state index contributed by atoms with van der Waals surface area (Å²) in [7, 11) is 0. The first-order chi connectivity index (χ1) is 18.8. The third kappa shape index (κ3) is 7.95. The van der Waals surface area contributed by atoms with Gasteiger partial charge >= 0.3 is 0 Å². The molecule has 0 atom stereocenters. The first-order valence-electron chi connectivity index (χ1n) is 13.7. The molecule has 0 bridgehead atoms. The zero-order valence-electron chi connectivity index (χ0n) is 23.1. The van der Waals surface area contributed by atoms with Crippen molar-refractivity contribution in [3.05, 3.63) is 65.8 Å². The Balaban J connectivity index is 1.45. The molecule has 2 heterocycles. The molecule has 0 saturated heterocycles. The number of aromatic nitrogens is 2. The first kappa shape index (κ1) is 28.4. The zero-order valence-corrected chi connectivity index (χ0v) is 23.1. The minimum atomic E-state index is -0.323. The Morgan fingerprint density at radius 3 is 2.54 bits per heavy atom. The molecule has 0 radical (unpaired) electrons. The van der Waals surface area contributed by atoms with Gasteiger partial charge in [-0.05, 0) is 61.2 Å². The van der Waals surface area contributed by atoms with E-state index in [2.05, 4.69) is 28.9 Å². The van der Waals surface area contributed by atoms with Crippen LogP contribution < -0.4 is 4.90 Å². The molecule has 0 saturated carbocycles. The lowest BCUT2D eigenvalue weighted by atomic mass is 10.1. The van der Waals surface area contributed by atoms with E-state index in [1.807, 2.05) is 34.1 Å². The van der Waals surface area contributed by atoms with E-state index in [1.165, 1.54) is 12.1 Å². The van der Waals surface area contributed by atoms with Gasteiger partial charge in [0.25, 0.3) is 0 Å². The van der Waals surface area contributed by atoms with Crippen molar-refractivity contribution in [3.8, 4) is 11.4 Å². The molecule has 9 heteroatoms. The van der Waals surface area contributed by atoms with Gasteiger partial charge in [-0.25, -0.2) is 4.39 Å². The average molecular weight is 536 g/mol. The van der Waals surface area contributed by atoms with E-state index in [0.717, 1.165) is 37.3 Å². The Hall–Kier alpha value is -3.59. The fourth-order valence-electron chi connectivity index (χ4n) is 5.00. The molecule has 3 aromatic rings. The molecule has 1 aromatic heterocycles. The monoisotopic (exact) mass is 535 g/mol. The summed E-state index contributed by atoms with van der Waals surface area (Å²) in [6, 6.07) is 13.8. The number of aryl methyl sites for hydroxylation is 1. The van der Waals surface area contributed by atoms with Crippen LogP contribution in [0.1, 0.15) is 51.5 Å². The molecule has 208 valence electrons. The van der Waals surface area contributed by atoms with Crippen LogP contribution in [0.15, 0.2) is 53.1 Å². The largest absolute Gasteiger partial charge is 0.339 e. The Morgan fingerprint density at radius 1 is 1.03 bits per heavy atom. The van der Waals surface area contributed by atoms with Crippen LogP contribution in [-0.2, 0) is 22.6 Å². The van der Waals surface area contributed by atoms with E-state index >= 15 is 0 Å². The smallest absolute Gasteiger partial charge is 0.226 e. The van der Waals surface area contributed by atoms with E-state index in [9.17, 15) is 14.0 Å². The molecule has 0 unspecified atom stereocenters. The number of hydrogen-bond acceptors (Lipinski definition) is 6. The highest BCUT2D eigenvalue weighted by atomic mass is 19.1. The van der Waals surface area contributed by atoms with Crippen LogP contribution in [0.2, 0.25) is 0 Å². The average Bonchev–Trinajstić information content (AvgIpc) is 3.36. The molecular formula is C30H38FN5O3. The van der Waals surface area contributed by atoms with Crippen molar-refractivity contribution in [2.75, 3.05) is 37.6 Å². The van der Waals surface area contributed by atoms with Crippen molar-refractivity contribution >= 4 is 17.5 Å². The number of rotatable bonds is 7. The van der Waals surface area contributed by atoms with Gasteiger partial charge in [-0.1, -0.05) is 37.2 Å². The quantitative estimate of drug-likeness (QED) is 0.426. The molecule has 0 N–H and O–H groups in total. The van der Waals surface area contributed by atoms with Gasteiger partial charge in [-0.3, -0.25) is 9.59 Å². The number of carbonyl (C=O) groups is 2. The minimum Gasteiger partial charge on any atom is -0.339 e. The molecule has 39 heavy (non-hydrogen) atoms. The number of carbonyl (C=O) groups excluding carboxylic acids is 2. The van der Waals surface area contributed by atoms with E-state index in [-0.39, 0.29) is 17.6 Å². The molecule has 1 aliphatic heterocycles. The number of hydrogen-bond donors (Lipinski definition) is 0. The van der Waals surface area contributed by atoms with Crippen LogP contribution in [0.3, 0.4) is 0 Å². The fourth-order valence-corrected chi connectivity index (χ4v) is 5.00. The number of fused-ring (bicyclic) bond motifs is 1. The fraction of sp³-hybridized carbons (Fsp3) is 0.467. The van der Waals surface area contributed by atoms with Crippen LogP contribution in [-0.4, -0.2) is 64.5 Å². The van der Waals surface area contributed by atoms with E-state index in [0.29, 0.717) is 62.1 Å². The van der Waals surface area contributed by atoms with E-state index < -0.39 is 0 Å². The van der Waals surface area contributed by atoms with Crippen molar-refractivity contribution in [1.29, 1.82) is 0 Å². The van der Waals surface area contributed by atoms with Gasteiger partial charge < -0.3 is 19.2 Å². The van der Waals surface area contributed by atoms with Crippen LogP contribution in [0.4, 0.5) is 10.1 Å². The molecule has 0 fully saturated rings. The Labute approximate surface area is 229 Å². The van der Waals surface area contributed by atoms with Gasteiger partial charge in [-0.2, -0.15) is 4.98 Å². The van der Waals surface area contributed by atoms with Gasteiger partial charge in [0.2, 0.25) is 23.5 Å². The topological polar surface area (TPSA) is 82.8 Å². The zero-order chi connectivity index (χ0) is 27.8. The highest BCUT2D eigenvalue weighted by Crippen LogP contribution is 2.24. The SMILES string of the molecule is CC(=O)N1CCCN(CC(C)C)CCN(C(=O)CCCc2nc(-c3ccc(F)cc3)no2)Cc2ccccc21. The summed E-state index contributed by atoms with van der Waals surface area (Å²) in [6.07, 6.45) is 2.26. The molecule has 8 nitrogen and oxygen atoms in total. The van der Waals surface area contributed by atoms with Gasteiger partial charge in [0.15, 0.2) is 0 Å². The maximum atomic E-state index is 13.5. The number of nitrogens with zero attached hydrogens (tertiary/aromatic N) is 5. The Morgan fingerprint density at radius 2 is 1.79 bits per heavy atom. The molecule has 2 amide bonds. The summed E-state index contributed by atoms with van der Waals surface area (Å²) in [5, 5.41) is 3.99. The minimum absolute atomic E-state index is 0.00884. The lowest BCUT2D eigenvalue weighted by molar-refractivity contribution is -0.132. The third-order valence-corrected chi connectivity index (χ3v) is 6.89. The lowest BCUT2D eigenvalue weighted by Crippen LogP contribution is -2.40. The Kier molecular flexibility index (Phi) is 9.81. The summed E-state index contributed by atoms with van der Waals surface area (Å²) in [6.45, 7) is 10.3. The predicted molar refractivity (Wildman–Crippen MR) is 148 cm³/mol. The van der Waals surface area contributed by atoms with Crippen molar-refractivity contribution in [3.63, 3.8) is 0 Å². The Bertz CT molecular complexity index is 1240. The van der Waals surface area contributed by atoms with Crippen LogP contribution in [0, 0.1) is 11.7 Å². The molecule has 0 spiro atoms. The molecule has 1 aliphatic rings. The van der Waals surface area contributed by atoms with Crippen molar-refractivity contribution in [2.24, 2.45) is 5.92 Å². The normalized spacial score (nSPS) is 15.2.